The standard InChI is InChI=1S/C13H21NO/c1-4-15-12-8-6-5-7-11(12)13(2,3)9-10-14/h5-8H,4,9-10,14H2,1-3H3. The van der Waals surface area contributed by atoms with Crippen molar-refractivity contribution >= 4 is 0 Å². The van der Waals surface area contributed by atoms with Gasteiger partial charge in [-0.25, -0.2) is 0 Å². The second-order valence-corrected chi connectivity index (χ2v) is 4.35. The fraction of sp³-hybridized carbons (Fsp3) is 0.538. The van der Waals surface area contributed by atoms with Gasteiger partial charge in [0.1, 0.15) is 5.75 Å². The molecule has 0 saturated carbocycles. The molecule has 2 heteroatoms. The van der Waals surface area contributed by atoms with Crippen LogP contribution in [0.2, 0.25) is 0 Å². The van der Waals surface area contributed by atoms with Crippen molar-refractivity contribution < 1.29 is 4.74 Å². The minimum atomic E-state index is 0.0838. The highest BCUT2D eigenvalue weighted by atomic mass is 16.5. The van der Waals surface area contributed by atoms with Crippen LogP contribution in [0.4, 0.5) is 0 Å². The topological polar surface area (TPSA) is 35.2 Å². The average molecular weight is 207 g/mol. The van der Waals surface area contributed by atoms with E-state index in [-0.39, 0.29) is 5.41 Å². The molecule has 0 radical (unpaired) electrons. The Hall–Kier alpha value is -1.02. The van der Waals surface area contributed by atoms with Crippen LogP contribution in [0.5, 0.6) is 5.75 Å². The molecule has 0 aliphatic heterocycles. The third-order valence-corrected chi connectivity index (χ3v) is 2.69. The van der Waals surface area contributed by atoms with Gasteiger partial charge in [-0.05, 0) is 36.9 Å². The first-order valence-electron chi connectivity index (χ1n) is 5.54. The van der Waals surface area contributed by atoms with Gasteiger partial charge in [-0.3, -0.25) is 0 Å². The van der Waals surface area contributed by atoms with E-state index >= 15 is 0 Å². The van der Waals surface area contributed by atoms with Gasteiger partial charge in [0, 0.05) is 0 Å². The highest BCUT2D eigenvalue weighted by molar-refractivity contribution is 5.38. The lowest BCUT2D eigenvalue weighted by Crippen LogP contribution is -2.22. The summed E-state index contributed by atoms with van der Waals surface area (Å²) in [6.07, 6.45) is 0.969. The lowest BCUT2D eigenvalue weighted by Gasteiger charge is -2.26. The van der Waals surface area contributed by atoms with Crippen molar-refractivity contribution in [1.29, 1.82) is 0 Å². The number of rotatable bonds is 5. The number of benzene rings is 1. The van der Waals surface area contributed by atoms with Gasteiger partial charge in [0.05, 0.1) is 6.61 Å². The summed E-state index contributed by atoms with van der Waals surface area (Å²) < 4.78 is 5.63. The first-order valence-corrected chi connectivity index (χ1v) is 5.54. The maximum Gasteiger partial charge on any atom is 0.123 e. The van der Waals surface area contributed by atoms with Gasteiger partial charge in [0.15, 0.2) is 0 Å². The summed E-state index contributed by atoms with van der Waals surface area (Å²) in [5.41, 5.74) is 6.97. The van der Waals surface area contributed by atoms with Crippen LogP contribution < -0.4 is 10.5 Å². The van der Waals surface area contributed by atoms with Crippen LogP contribution in [0.3, 0.4) is 0 Å². The molecule has 0 atom stereocenters. The smallest absolute Gasteiger partial charge is 0.123 e. The highest BCUT2D eigenvalue weighted by Gasteiger charge is 2.23. The Kier molecular flexibility index (Phi) is 4.15. The summed E-state index contributed by atoms with van der Waals surface area (Å²) in [4.78, 5) is 0. The van der Waals surface area contributed by atoms with E-state index in [1.807, 2.05) is 19.1 Å². The molecule has 2 nitrogen and oxygen atoms in total. The average Bonchev–Trinajstić information content (AvgIpc) is 2.19. The summed E-state index contributed by atoms with van der Waals surface area (Å²) in [5, 5.41) is 0. The van der Waals surface area contributed by atoms with Crippen molar-refractivity contribution in [3.63, 3.8) is 0 Å². The molecule has 0 spiro atoms. The number of hydrogen-bond donors (Lipinski definition) is 1. The van der Waals surface area contributed by atoms with E-state index in [4.69, 9.17) is 10.5 Å². The van der Waals surface area contributed by atoms with Crippen molar-refractivity contribution in [3.05, 3.63) is 29.8 Å². The quantitative estimate of drug-likeness (QED) is 0.805. The van der Waals surface area contributed by atoms with Gasteiger partial charge >= 0.3 is 0 Å². The van der Waals surface area contributed by atoms with Crippen LogP contribution >= 0.6 is 0 Å². The third-order valence-electron chi connectivity index (χ3n) is 2.69. The van der Waals surface area contributed by atoms with Gasteiger partial charge < -0.3 is 10.5 Å². The zero-order valence-electron chi connectivity index (χ0n) is 9.92. The summed E-state index contributed by atoms with van der Waals surface area (Å²) in [7, 11) is 0. The van der Waals surface area contributed by atoms with E-state index < -0.39 is 0 Å². The van der Waals surface area contributed by atoms with Gasteiger partial charge in [-0.15, -0.1) is 0 Å². The molecule has 0 unspecified atom stereocenters. The monoisotopic (exact) mass is 207 g/mol. The minimum absolute atomic E-state index is 0.0838. The summed E-state index contributed by atoms with van der Waals surface area (Å²) in [6, 6.07) is 8.21. The molecule has 1 rings (SSSR count). The molecule has 0 aliphatic rings. The SMILES string of the molecule is CCOc1ccccc1C(C)(C)CCN. The van der Waals surface area contributed by atoms with Crippen molar-refractivity contribution in [3.8, 4) is 5.75 Å². The molecule has 1 aromatic carbocycles. The molecule has 0 aliphatic carbocycles. The van der Waals surface area contributed by atoms with Crippen LogP contribution in [0.25, 0.3) is 0 Å². The highest BCUT2D eigenvalue weighted by Crippen LogP contribution is 2.33. The fourth-order valence-corrected chi connectivity index (χ4v) is 1.80. The van der Waals surface area contributed by atoms with Crippen LogP contribution in [0.15, 0.2) is 24.3 Å². The molecule has 0 heterocycles. The third kappa shape index (κ3) is 2.96. The molecule has 0 amide bonds. The van der Waals surface area contributed by atoms with Crippen LogP contribution in [-0.2, 0) is 5.41 Å². The largest absolute Gasteiger partial charge is 0.494 e. The first-order chi connectivity index (χ1) is 7.11. The van der Waals surface area contributed by atoms with Gasteiger partial charge in [-0.2, -0.15) is 0 Å². The van der Waals surface area contributed by atoms with E-state index in [1.54, 1.807) is 0 Å². The zero-order valence-corrected chi connectivity index (χ0v) is 9.92. The molecule has 0 bridgehead atoms. The number of para-hydroxylation sites is 1. The zero-order chi connectivity index (χ0) is 11.3. The Morgan fingerprint density at radius 2 is 1.93 bits per heavy atom. The minimum Gasteiger partial charge on any atom is -0.494 e. The van der Waals surface area contributed by atoms with Crippen LogP contribution in [0, 0.1) is 0 Å². The molecule has 0 saturated heterocycles. The van der Waals surface area contributed by atoms with E-state index in [0.29, 0.717) is 13.2 Å². The summed E-state index contributed by atoms with van der Waals surface area (Å²) in [5.74, 6) is 0.985. The van der Waals surface area contributed by atoms with E-state index in [1.165, 1.54) is 5.56 Å². The normalized spacial score (nSPS) is 11.5. The molecule has 2 N–H and O–H groups in total. The van der Waals surface area contributed by atoms with E-state index in [0.717, 1.165) is 12.2 Å². The predicted molar refractivity (Wildman–Crippen MR) is 64.3 cm³/mol. The molecule has 84 valence electrons. The Morgan fingerprint density at radius 1 is 1.27 bits per heavy atom. The van der Waals surface area contributed by atoms with Crippen molar-refractivity contribution in [2.75, 3.05) is 13.2 Å². The molecular weight excluding hydrogens is 186 g/mol. The second-order valence-electron chi connectivity index (χ2n) is 4.35. The number of hydrogen-bond acceptors (Lipinski definition) is 2. The lowest BCUT2D eigenvalue weighted by atomic mass is 9.81. The molecular formula is C13H21NO. The Bertz CT molecular complexity index is 307. The van der Waals surface area contributed by atoms with E-state index in [9.17, 15) is 0 Å². The molecule has 0 fully saturated rings. The maximum absolute atomic E-state index is 5.64. The molecule has 15 heavy (non-hydrogen) atoms. The summed E-state index contributed by atoms with van der Waals surface area (Å²) in [6.45, 7) is 7.82. The second kappa shape index (κ2) is 5.17. The fourth-order valence-electron chi connectivity index (χ4n) is 1.80. The lowest BCUT2D eigenvalue weighted by molar-refractivity contribution is 0.325. The first kappa shape index (κ1) is 12.1. The van der Waals surface area contributed by atoms with Gasteiger partial charge in [0.25, 0.3) is 0 Å². The van der Waals surface area contributed by atoms with Crippen molar-refractivity contribution in [2.45, 2.75) is 32.6 Å². The Balaban J connectivity index is 3.00. The molecule has 0 aromatic heterocycles. The van der Waals surface area contributed by atoms with Crippen molar-refractivity contribution in [2.24, 2.45) is 5.73 Å². The Labute approximate surface area is 92.4 Å². The Morgan fingerprint density at radius 3 is 2.53 bits per heavy atom. The van der Waals surface area contributed by atoms with E-state index in [2.05, 4.69) is 26.0 Å². The van der Waals surface area contributed by atoms with Crippen molar-refractivity contribution in [1.82, 2.24) is 0 Å². The van der Waals surface area contributed by atoms with Crippen LogP contribution in [0.1, 0.15) is 32.8 Å². The number of ether oxygens (including phenoxy) is 1. The molecule has 1 aromatic rings. The van der Waals surface area contributed by atoms with Crippen LogP contribution in [-0.4, -0.2) is 13.2 Å². The summed E-state index contributed by atoms with van der Waals surface area (Å²) >= 11 is 0. The maximum atomic E-state index is 5.64. The van der Waals surface area contributed by atoms with Gasteiger partial charge in [0.2, 0.25) is 0 Å². The van der Waals surface area contributed by atoms with Gasteiger partial charge in [-0.1, -0.05) is 32.0 Å². The predicted octanol–water partition coefficient (Wildman–Crippen LogP) is 2.71. The number of nitrogens with two attached hydrogens (primary N) is 1.